The van der Waals surface area contributed by atoms with Crippen LogP contribution < -0.4 is 16.0 Å². The predicted octanol–water partition coefficient (Wildman–Crippen LogP) is 6.34. The van der Waals surface area contributed by atoms with Gasteiger partial charge in [0.25, 0.3) is 5.91 Å². The molecule has 1 amide bonds. The molecule has 0 spiro atoms. The number of nitrogens with zero attached hydrogens (tertiary/aromatic N) is 6. The molecule has 1 fully saturated rings. The second kappa shape index (κ2) is 12.5. The molecule has 10 heteroatoms. The molecule has 10 nitrogen and oxygen atoms in total. The zero-order valence-electron chi connectivity index (χ0n) is 25.4. The van der Waals surface area contributed by atoms with Crippen LogP contribution in [0, 0.1) is 29.6 Å². The number of rotatable bonds is 10. The van der Waals surface area contributed by atoms with Gasteiger partial charge >= 0.3 is 0 Å². The number of nitriles is 2. The number of benzene rings is 3. The summed E-state index contributed by atoms with van der Waals surface area (Å²) >= 11 is 0. The van der Waals surface area contributed by atoms with Gasteiger partial charge in [0.2, 0.25) is 0 Å². The lowest BCUT2D eigenvalue weighted by Crippen LogP contribution is -2.21. The number of anilines is 2. The Morgan fingerprint density at radius 1 is 1.04 bits per heavy atom. The lowest BCUT2D eigenvalue weighted by atomic mass is 9.94. The maximum Gasteiger partial charge on any atom is 0.251 e. The van der Waals surface area contributed by atoms with Crippen molar-refractivity contribution in [3.8, 4) is 12.1 Å². The summed E-state index contributed by atoms with van der Waals surface area (Å²) in [5.74, 6) is -0.179. The normalized spacial score (nSPS) is 13.8. The Kier molecular flexibility index (Phi) is 8.13. The van der Waals surface area contributed by atoms with E-state index in [4.69, 9.17) is 0 Å². The lowest BCUT2D eigenvalue weighted by molar-refractivity contribution is 0.0962. The smallest absolute Gasteiger partial charge is 0.251 e. The maximum absolute atomic E-state index is 12.7. The molecule has 3 aromatic carbocycles. The van der Waals surface area contributed by atoms with Crippen molar-refractivity contribution in [3.63, 3.8) is 0 Å². The van der Waals surface area contributed by atoms with Crippen LogP contribution in [-0.4, -0.2) is 32.9 Å². The second-order valence-electron chi connectivity index (χ2n) is 11.2. The fourth-order valence-electron chi connectivity index (χ4n) is 5.76. The summed E-state index contributed by atoms with van der Waals surface area (Å²) in [7, 11) is 1.61. The van der Waals surface area contributed by atoms with Crippen molar-refractivity contribution in [1.82, 2.24) is 25.3 Å². The van der Waals surface area contributed by atoms with Gasteiger partial charge < -0.3 is 16.0 Å². The van der Waals surface area contributed by atoms with Crippen LogP contribution in [0.25, 0.3) is 10.9 Å². The highest BCUT2D eigenvalue weighted by Crippen LogP contribution is 2.38. The number of hydrogen-bond acceptors (Lipinski definition) is 8. The van der Waals surface area contributed by atoms with Crippen molar-refractivity contribution < 1.29 is 4.79 Å². The van der Waals surface area contributed by atoms with Crippen molar-refractivity contribution >= 4 is 28.2 Å². The number of fused-ring (bicyclic) bond motifs is 1. The van der Waals surface area contributed by atoms with Gasteiger partial charge in [-0.05, 0) is 61.1 Å². The van der Waals surface area contributed by atoms with E-state index in [1.807, 2.05) is 54.2 Å². The van der Waals surface area contributed by atoms with Gasteiger partial charge in [-0.2, -0.15) is 10.5 Å². The van der Waals surface area contributed by atoms with Crippen molar-refractivity contribution in [1.29, 1.82) is 10.5 Å². The van der Waals surface area contributed by atoms with Crippen LogP contribution in [0.15, 0.2) is 73.1 Å². The van der Waals surface area contributed by atoms with Gasteiger partial charge in [0.15, 0.2) is 0 Å². The summed E-state index contributed by atoms with van der Waals surface area (Å²) in [4.78, 5) is 17.2. The van der Waals surface area contributed by atoms with E-state index in [1.165, 1.54) is 6.20 Å². The molecule has 0 radical (unpaired) electrons. The summed E-state index contributed by atoms with van der Waals surface area (Å²) in [6, 6.07) is 23.7. The van der Waals surface area contributed by atoms with Crippen LogP contribution >= 0.6 is 0 Å². The molecule has 3 N–H and O–H groups in total. The summed E-state index contributed by atoms with van der Waals surface area (Å²) < 4.78 is 1.89. The number of pyridine rings is 1. The molecule has 5 aromatic rings. The van der Waals surface area contributed by atoms with Gasteiger partial charge in [-0.1, -0.05) is 54.6 Å². The highest BCUT2D eigenvalue weighted by Gasteiger charge is 2.28. The average Bonchev–Trinajstić information content (AvgIpc) is 3.82. The van der Waals surface area contributed by atoms with Gasteiger partial charge in [-0.3, -0.25) is 9.78 Å². The summed E-state index contributed by atoms with van der Waals surface area (Å²) in [5, 5.41) is 39.8. The van der Waals surface area contributed by atoms with Crippen LogP contribution in [0.4, 0.5) is 11.4 Å². The number of hydrogen-bond donors (Lipinski definition) is 3. The summed E-state index contributed by atoms with van der Waals surface area (Å²) in [6.07, 6.45) is 6.37. The van der Waals surface area contributed by atoms with E-state index in [0.29, 0.717) is 50.7 Å². The minimum atomic E-state index is -0.484. The Morgan fingerprint density at radius 3 is 2.51 bits per heavy atom. The first kappa shape index (κ1) is 29.3. The number of amides is 1. The quantitative estimate of drug-likeness (QED) is 0.170. The SMILES string of the molecule is CC[C@@H](Nc1c(C#N)cnc2c(C#N)cc(N[C@H](c3cn(C4CC4)nn3)c3cccc(C(=O)NC)c3C)cc12)c1ccccc1. The Morgan fingerprint density at radius 2 is 1.82 bits per heavy atom. The molecule has 6 rings (SSSR count). The molecule has 45 heavy (non-hydrogen) atoms. The Balaban J connectivity index is 1.49. The second-order valence-corrected chi connectivity index (χ2v) is 11.2. The third-order valence-electron chi connectivity index (χ3n) is 8.36. The standard InChI is InChI=1S/C35H33N9O/c1-4-30(22-9-6-5-7-10-22)41-33-24(18-37)19-39-32-23(17-36)15-25(16-29(32)33)40-34(31-20-44(43-42-31)26-13-14-26)27-11-8-12-28(21(27)2)35(45)38-3/h5-12,15-16,19-20,26,30,34,40H,4,13-14H2,1-3H3,(H,38,45)(H,39,41)/t30-,34+/m1/s1. The average molecular weight is 596 g/mol. The number of nitrogens with one attached hydrogen (secondary N) is 3. The molecule has 2 atom stereocenters. The molecule has 0 aliphatic heterocycles. The summed E-state index contributed by atoms with van der Waals surface area (Å²) in [6.45, 7) is 4.00. The van der Waals surface area contributed by atoms with Crippen LogP contribution in [0.5, 0.6) is 0 Å². The molecular weight excluding hydrogens is 562 g/mol. The Labute approximate surface area is 261 Å². The first-order valence-corrected chi connectivity index (χ1v) is 15.0. The van der Waals surface area contributed by atoms with Gasteiger partial charge in [-0.15, -0.1) is 5.10 Å². The van der Waals surface area contributed by atoms with E-state index in [0.717, 1.165) is 36.0 Å². The van der Waals surface area contributed by atoms with E-state index < -0.39 is 6.04 Å². The third kappa shape index (κ3) is 5.78. The first-order chi connectivity index (χ1) is 21.9. The first-order valence-electron chi connectivity index (χ1n) is 15.0. The molecular formula is C35H33N9O. The van der Waals surface area contributed by atoms with Crippen LogP contribution in [-0.2, 0) is 0 Å². The number of carbonyl (C=O) groups excluding carboxylic acids is 1. The zero-order valence-corrected chi connectivity index (χ0v) is 25.4. The Bertz CT molecular complexity index is 1970. The van der Waals surface area contributed by atoms with E-state index in [-0.39, 0.29) is 11.9 Å². The highest BCUT2D eigenvalue weighted by atomic mass is 16.1. The molecule has 0 unspecified atom stereocenters. The van der Waals surface area contributed by atoms with Crippen LogP contribution in [0.2, 0.25) is 0 Å². The van der Waals surface area contributed by atoms with Crippen molar-refractivity contribution in [2.45, 2.75) is 51.2 Å². The van der Waals surface area contributed by atoms with Crippen LogP contribution in [0.1, 0.15) is 88.2 Å². The van der Waals surface area contributed by atoms with Crippen molar-refractivity contribution in [2.75, 3.05) is 17.7 Å². The van der Waals surface area contributed by atoms with E-state index in [1.54, 1.807) is 19.2 Å². The minimum absolute atomic E-state index is 0.0636. The van der Waals surface area contributed by atoms with E-state index >= 15 is 0 Å². The molecule has 224 valence electrons. The minimum Gasteiger partial charge on any atom is -0.377 e. The van der Waals surface area contributed by atoms with Crippen molar-refractivity contribution in [3.05, 3.63) is 112 Å². The fourth-order valence-corrected chi connectivity index (χ4v) is 5.76. The summed E-state index contributed by atoms with van der Waals surface area (Å²) in [5.41, 5.74) is 6.52. The van der Waals surface area contributed by atoms with Gasteiger partial charge in [0.1, 0.15) is 17.8 Å². The van der Waals surface area contributed by atoms with Crippen molar-refractivity contribution in [2.24, 2.45) is 0 Å². The molecule has 1 aliphatic carbocycles. The predicted molar refractivity (Wildman–Crippen MR) is 173 cm³/mol. The number of carbonyl (C=O) groups is 1. The Hall–Kier alpha value is -5.74. The maximum atomic E-state index is 12.7. The zero-order chi connectivity index (χ0) is 31.5. The van der Waals surface area contributed by atoms with Gasteiger partial charge in [0, 0.05) is 29.9 Å². The molecule has 1 aliphatic rings. The monoisotopic (exact) mass is 595 g/mol. The fraction of sp³-hybridized carbons (Fsp3) is 0.257. The van der Waals surface area contributed by atoms with E-state index in [9.17, 15) is 15.3 Å². The molecule has 2 heterocycles. The molecule has 0 bridgehead atoms. The lowest BCUT2D eigenvalue weighted by Gasteiger charge is -2.23. The molecule has 1 saturated carbocycles. The van der Waals surface area contributed by atoms with E-state index in [2.05, 4.69) is 62.4 Å². The topological polar surface area (TPSA) is 144 Å². The molecule has 2 aromatic heterocycles. The van der Waals surface area contributed by atoms with Gasteiger partial charge in [-0.25, -0.2) is 4.68 Å². The van der Waals surface area contributed by atoms with Crippen LogP contribution in [0.3, 0.4) is 0 Å². The number of aromatic nitrogens is 4. The largest absolute Gasteiger partial charge is 0.377 e. The third-order valence-corrected chi connectivity index (χ3v) is 8.36. The van der Waals surface area contributed by atoms with Gasteiger partial charge in [0.05, 0.1) is 46.7 Å². The molecule has 0 saturated heterocycles. The highest BCUT2D eigenvalue weighted by molar-refractivity contribution is 5.99.